The maximum Gasteiger partial charge on any atom is 0.330 e. The minimum atomic E-state index is -0.702. The van der Waals surface area contributed by atoms with Crippen molar-refractivity contribution in [2.45, 2.75) is 32.8 Å². The van der Waals surface area contributed by atoms with Gasteiger partial charge in [-0.3, -0.25) is 0 Å². The third kappa shape index (κ3) is 12.9. The minimum Gasteiger partial charge on any atom is -0.463 e. The first-order chi connectivity index (χ1) is 10.6. The first kappa shape index (κ1) is 19.9. The number of ether oxygens (including phenoxy) is 2. The van der Waals surface area contributed by atoms with E-state index in [-0.39, 0.29) is 11.9 Å². The molecule has 0 aromatic heterocycles. The number of rotatable bonds is 10. The van der Waals surface area contributed by atoms with Gasteiger partial charge >= 0.3 is 11.9 Å². The van der Waals surface area contributed by atoms with Gasteiger partial charge < -0.3 is 14.6 Å². The second kappa shape index (κ2) is 13.8. The lowest BCUT2D eigenvalue weighted by Gasteiger charge is -1.96. The number of hydrogen-bond acceptors (Lipinski definition) is 5. The number of aliphatic hydroxyl groups excluding tert-OH is 1. The first-order valence-electron chi connectivity index (χ1n) is 7.28. The van der Waals surface area contributed by atoms with E-state index < -0.39 is 6.10 Å². The number of carbonyl (C=O) groups excluding carboxylic acids is 2. The first-order valence-corrected chi connectivity index (χ1v) is 7.28. The van der Waals surface area contributed by atoms with Gasteiger partial charge in [-0.15, -0.1) is 0 Å². The maximum absolute atomic E-state index is 11.0. The molecule has 0 aliphatic heterocycles. The zero-order chi connectivity index (χ0) is 16.6. The molecule has 122 valence electrons. The topological polar surface area (TPSA) is 72.8 Å². The molecule has 0 heterocycles. The maximum atomic E-state index is 11.0. The van der Waals surface area contributed by atoms with Gasteiger partial charge in [-0.05, 0) is 26.7 Å². The average Bonchev–Trinajstić information content (AvgIpc) is 2.47. The Kier molecular flexibility index (Phi) is 12.5. The quantitative estimate of drug-likeness (QED) is 0.381. The lowest BCUT2D eigenvalue weighted by molar-refractivity contribution is -0.138. The summed E-state index contributed by atoms with van der Waals surface area (Å²) in [5.41, 5.74) is 0. The Morgan fingerprint density at radius 2 is 1.27 bits per heavy atom. The molecule has 0 amide bonds. The van der Waals surface area contributed by atoms with Gasteiger partial charge in [0.15, 0.2) is 0 Å². The standard InChI is InChI=1S/C17H24O5/c1-3-21-16(19)13-9-5-7-11-15(18)12-8-6-10-14-17(20)22-4-2/h7-15,18H,3-6H2,1-2H3. The van der Waals surface area contributed by atoms with Gasteiger partial charge in [0.1, 0.15) is 0 Å². The second-order valence-electron chi connectivity index (χ2n) is 4.13. The van der Waals surface area contributed by atoms with Crippen LogP contribution in [0.5, 0.6) is 0 Å². The van der Waals surface area contributed by atoms with Gasteiger partial charge in [0, 0.05) is 12.2 Å². The highest BCUT2D eigenvalue weighted by atomic mass is 16.5. The number of carbonyl (C=O) groups is 2. The summed E-state index contributed by atoms with van der Waals surface area (Å²) in [4.78, 5) is 22.0. The molecule has 0 aromatic carbocycles. The van der Waals surface area contributed by atoms with Gasteiger partial charge in [0.2, 0.25) is 0 Å². The molecule has 0 fully saturated rings. The zero-order valence-electron chi connectivity index (χ0n) is 13.1. The van der Waals surface area contributed by atoms with Gasteiger partial charge in [-0.2, -0.15) is 0 Å². The predicted molar refractivity (Wildman–Crippen MR) is 85.1 cm³/mol. The van der Waals surface area contributed by atoms with E-state index in [0.29, 0.717) is 26.1 Å². The smallest absolute Gasteiger partial charge is 0.330 e. The van der Waals surface area contributed by atoms with E-state index in [0.717, 1.165) is 0 Å². The van der Waals surface area contributed by atoms with Gasteiger partial charge in [-0.25, -0.2) is 9.59 Å². The number of aliphatic hydroxyl groups is 1. The summed E-state index contributed by atoms with van der Waals surface area (Å²) >= 11 is 0. The Morgan fingerprint density at radius 1 is 0.864 bits per heavy atom. The van der Waals surface area contributed by atoms with Crippen molar-refractivity contribution in [1.29, 1.82) is 0 Å². The molecule has 0 saturated heterocycles. The molecule has 0 aromatic rings. The SMILES string of the molecule is CCOC(=O)C=CCC=CC(O)C=CCC=CC(=O)OCC. The molecule has 22 heavy (non-hydrogen) atoms. The molecule has 0 bridgehead atoms. The fourth-order valence-electron chi connectivity index (χ4n) is 1.37. The van der Waals surface area contributed by atoms with Crippen molar-refractivity contribution in [3.63, 3.8) is 0 Å². The predicted octanol–water partition coefficient (Wildman–Crippen LogP) is 2.48. The third-order valence-corrected chi connectivity index (χ3v) is 2.29. The normalized spacial score (nSPS) is 13.4. The summed E-state index contributed by atoms with van der Waals surface area (Å²) in [5, 5.41) is 9.63. The van der Waals surface area contributed by atoms with Crippen molar-refractivity contribution in [1.82, 2.24) is 0 Å². The monoisotopic (exact) mass is 308 g/mol. The van der Waals surface area contributed by atoms with E-state index in [2.05, 4.69) is 0 Å². The highest BCUT2D eigenvalue weighted by Crippen LogP contribution is 1.96. The van der Waals surface area contributed by atoms with Crippen LogP contribution in [0.3, 0.4) is 0 Å². The van der Waals surface area contributed by atoms with Crippen LogP contribution in [0.25, 0.3) is 0 Å². The average molecular weight is 308 g/mol. The molecular weight excluding hydrogens is 284 g/mol. The lowest BCUT2D eigenvalue weighted by atomic mass is 10.2. The van der Waals surface area contributed by atoms with Crippen LogP contribution in [0.15, 0.2) is 48.6 Å². The van der Waals surface area contributed by atoms with E-state index in [9.17, 15) is 14.7 Å². The molecule has 0 aliphatic rings. The Bertz CT molecular complexity index is 392. The number of allylic oxidation sites excluding steroid dienone is 4. The summed E-state index contributed by atoms with van der Waals surface area (Å²) in [7, 11) is 0. The van der Waals surface area contributed by atoms with Crippen molar-refractivity contribution >= 4 is 11.9 Å². The van der Waals surface area contributed by atoms with Crippen LogP contribution in [0, 0.1) is 0 Å². The fourth-order valence-corrected chi connectivity index (χ4v) is 1.37. The van der Waals surface area contributed by atoms with Crippen LogP contribution in [0.4, 0.5) is 0 Å². The highest BCUT2D eigenvalue weighted by molar-refractivity contribution is 5.82. The summed E-state index contributed by atoms with van der Waals surface area (Å²) in [5.74, 6) is -0.741. The molecule has 1 N–H and O–H groups in total. The van der Waals surface area contributed by atoms with Crippen LogP contribution in [-0.4, -0.2) is 36.4 Å². The van der Waals surface area contributed by atoms with E-state index in [1.165, 1.54) is 12.2 Å². The van der Waals surface area contributed by atoms with Crippen molar-refractivity contribution < 1.29 is 24.2 Å². The molecule has 0 saturated carbocycles. The molecular formula is C17H24O5. The Labute approximate surface area is 131 Å². The molecule has 0 rings (SSSR count). The van der Waals surface area contributed by atoms with Crippen molar-refractivity contribution in [2.75, 3.05) is 13.2 Å². The van der Waals surface area contributed by atoms with Crippen molar-refractivity contribution in [3.05, 3.63) is 48.6 Å². The molecule has 5 heteroatoms. The second-order valence-corrected chi connectivity index (χ2v) is 4.13. The summed E-state index contributed by atoms with van der Waals surface area (Å²) in [6.07, 6.45) is 13.1. The third-order valence-electron chi connectivity index (χ3n) is 2.29. The van der Waals surface area contributed by atoms with Crippen LogP contribution < -0.4 is 0 Å². The molecule has 0 aliphatic carbocycles. The van der Waals surface area contributed by atoms with Gasteiger partial charge in [0.25, 0.3) is 0 Å². The number of hydrogen-bond donors (Lipinski definition) is 1. The van der Waals surface area contributed by atoms with E-state index in [1.807, 2.05) is 0 Å². The Hall–Kier alpha value is -2.14. The van der Waals surface area contributed by atoms with Gasteiger partial charge in [0.05, 0.1) is 19.3 Å². The van der Waals surface area contributed by atoms with Gasteiger partial charge in [-0.1, -0.05) is 36.5 Å². The van der Waals surface area contributed by atoms with Crippen LogP contribution in [-0.2, 0) is 19.1 Å². The summed E-state index contributed by atoms with van der Waals surface area (Å²) in [6.45, 7) is 4.20. The lowest BCUT2D eigenvalue weighted by Crippen LogP contribution is -1.98. The van der Waals surface area contributed by atoms with Crippen molar-refractivity contribution in [3.8, 4) is 0 Å². The molecule has 5 nitrogen and oxygen atoms in total. The van der Waals surface area contributed by atoms with Crippen LogP contribution in [0.2, 0.25) is 0 Å². The molecule has 0 unspecified atom stereocenters. The molecule has 0 atom stereocenters. The largest absolute Gasteiger partial charge is 0.463 e. The summed E-state index contributed by atoms with van der Waals surface area (Å²) in [6, 6.07) is 0. The number of esters is 2. The van der Waals surface area contributed by atoms with E-state index >= 15 is 0 Å². The Morgan fingerprint density at radius 3 is 1.64 bits per heavy atom. The van der Waals surface area contributed by atoms with E-state index in [1.54, 1.807) is 50.3 Å². The highest BCUT2D eigenvalue weighted by Gasteiger charge is 1.93. The minimum absolute atomic E-state index is 0.354. The summed E-state index contributed by atoms with van der Waals surface area (Å²) < 4.78 is 9.46. The van der Waals surface area contributed by atoms with Crippen molar-refractivity contribution in [2.24, 2.45) is 0 Å². The van der Waals surface area contributed by atoms with Crippen LogP contribution in [0.1, 0.15) is 26.7 Å². The fraction of sp³-hybridized carbons (Fsp3) is 0.412. The zero-order valence-corrected chi connectivity index (χ0v) is 13.1. The van der Waals surface area contributed by atoms with E-state index in [4.69, 9.17) is 9.47 Å². The molecule has 0 spiro atoms. The van der Waals surface area contributed by atoms with Crippen LogP contribution >= 0.6 is 0 Å². The molecule has 0 radical (unpaired) electrons. The Balaban J connectivity index is 3.90.